The second kappa shape index (κ2) is 3.24. The molecule has 0 unspecified atom stereocenters. The molecule has 1 N–H and O–H groups in total. The minimum Gasteiger partial charge on any atom is -0.362 e. The number of aryl methyl sites for hydroxylation is 2. The first-order valence-corrected chi connectivity index (χ1v) is 3.68. The fourth-order valence-electron chi connectivity index (χ4n) is 1.00. The minimum atomic E-state index is 1.14. The van der Waals surface area contributed by atoms with Gasteiger partial charge in [-0.3, -0.25) is 0 Å². The minimum absolute atomic E-state index is 1.14. The third-order valence-electron chi connectivity index (χ3n) is 1.65. The van der Waals surface area contributed by atoms with Crippen LogP contribution >= 0.6 is 0 Å². The van der Waals surface area contributed by atoms with Crippen molar-refractivity contribution in [1.82, 2.24) is 0 Å². The summed E-state index contributed by atoms with van der Waals surface area (Å²) in [5.74, 6) is 0. The number of hydrogen-bond donors (Lipinski definition) is 1. The molecule has 0 atom stereocenters. The summed E-state index contributed by atoms with van der Waals surface area (Å²) in [6.07, 6.45) is 1.70. The second-order valence-corrected chi connectivity index (χ2v) is 2.67. The molecule has 0 aromatic heterocycles. The van der Waals surface area contributed by atoms with E-state index in [1.807, 2.05) is 0 Å². The van der Waals surface area contributed by atoms with Crippen LogP contribution in [0.15, 0.2) is 31.0 Å². The van der Waals surface area contributed by atoms with E-state index in [0.29, 0.717) is 0 Å². The molecule has 0 heterocycles. The molecule has 0 bridgehead atoms. The van der Waals surface area contributed by atoms with Crippen molar-refractivity contribution in [3.8, 4) is 0 Å². The molecule has 0 saturated carbocycles. The predicted molar refractivity (Wildman–Crippen MR) is 49.7 cm³/mol. The summed E-state index contributed by atoms with van der Waals surface area (Å²) in [5, 5.41) is 3.08. The molecule has 1 heteroatoms. The summed E-state index contributed by atoms with van der Waals surface area (Å²) in [6, 6.07) is 6.31. The lowest BCUT2D eigenvalue weighted by Crippen LogP contribution is -1.90. The fourth-order valence-corrected chi connectivity index (χ4v) is 1.00. The monoisotopic (exact) mass is 147 g/mol. The van der Waals surface area contributed by atoms with E-state index in [4.69, 9.17) is 0 Å². The van der Waals surface area contributed by atoms with E-state index in [9.17, 15) is 0 Å². The van der Waals surface area contributed by atoms with Crippen molar-refractivity contribution in [2.45, 2.75) is 13.8 Å². The van der Waals surface area contributed by atoms with Crippen molar-refractivity contribution in [3.63, 3.8) is 0 Å². The van der Waals surface area contributed by atoms with Gasteiger partial charge in [0.2, 0.25) is 0 Å². The molecule has 58 valence electrons. The maximum absolute atomic E-state index is 3.62. The summed E-state index contributed by atoms with van der Waals surface area (Å²) < 4.78 is 0. The number of hydrogen-bond acceptors (Lipinski definition) is 1. The highest BCUT2D eigenvalue weighted by atomic mass is 14.8. The predicted octanol–water partition coefficient (Wildman–Crippen LogP) is 2.86. The highest BCUT2D eigenvalue weighted by molar-refractivity contribution is 5.53. The van der Waals surface area contributed by atoms with E-state index in [2.05, 4.69) is 43.9 Å². The van der Waals surface area contributed by atoms with Gasteiger partial charge in [-0.05, 0) is 37.2 Å². The van der Waals surface area contributed by atoms with Gasteiger partial charge in [-0.2, -0.15) is 0 Å². The summed E-state index contributed by atoms with van der Waals surface area (Å²) in [4.78, 5) is 0. The van der Waals surface area contributed by atoms with Crippen LogP contribution in [-0.2, 0) is 0 Å². The van der Waals surface area contributed by atoms with Gasteiger partial charge in [0.15, 0.2) is 0 Å². The Morgan fingerprint density at radius 1 is 1.36 bits per heavy atom. The van der Waals surface area contributed by atoms with Gasteiger partial charge in [0.05, 0.1) is 0 Å². The number of benzene rings is 1. The van der Waals surface area contributed by atoms with E-state index >= 15 is 0 Å². The first-order valence-electron chi connectivity index (χ1n) is 3.68. The van der Waals surface area contributed by atoms with Gasteiger partial charge in [0, 0.05) is 5.69 Å². The van der Waals surface area contributed by atoms with E-state index < -0.39 is 0 Å². The van der Waals surface area contributed by atoms with E-state index in [-0.39, 0.29) is 0 Å². The zero-order valence-corrected chi connectivity index (χ0v) is 7.02. The molecule has 1 aromatic carbocycles. The standard InChI is InChI=1S/C10H13N/c1-4-11-10-7-8(2)5-6-9(10)3/h4-7,11H,1H2,2-3H3. The van der Waals surface area contributed by atoms with Crippen LogP contribution in [0.3, 0.4) is 0 Å². The second-order valence-electron chi connectivity index (χ2n) is 2.67. The Morgan fingerprint density at radius 2 is 2.09 bits per heavy atom. The highest BCUT2D eigenvalue weighted by Crippen LogP contribution is 2.15. The molecule has 0 fully saturated rings. The lowest BCUT2D eigenvalue weighted by atomic mass is 10.1. The molecule has 0 amide bonds. The zero-order chi connectivity index (χ0) is 8.27. The van der Waals surface area contributed by atoms with Crippen LogP contribution in [0, 0.1) is 13.8 Å². The lowest BCUT2D eigenvalue weighted by molar-refractivity contribution is 1.38. The van der Waals surface area contributed by atoms with Crippen LogP contribution in [0.25, 0.3) is 0 Å². The SMILES string of the molecule is C=CNc1cc(C)ccc1C. The lowest BCUT2D eigenvalue weighted by Gasteiger charge is -2.05. The fraction of sp³-hybridized carbons (Fsp3) is 0.200. The molecule has 1 nitrogen and oxygen atoms in total. The van der Waals surface area contributed by atoms with Crippen molar-refractivity contribution in [2.24, 2.45) is 0 Å². The third-order valence-corrected chi connectivity index (χ3v) is 1.65. The molecule has 0 aliphatic carbocycles. The zero-order valence-electron chi connectivity index (χ0n) is 7.02. The molecule has 0 radical (unpaired) electrons. The Morgan fingerprint density at radius 3 is 2.73 bits per heavy atom. The molecule has 0 aliphatic heterocycles. The van der Waals surface area contributed by atoms with Crippen molar-refractivity contribution in [1.29, 1.82) is 0 Å². The van der Waals surface area contributed by atoms with Crippen LogP contribution in [-0.4, -0.2) is 0 Å². The smallest absolute Gasteiger partial charge is 0.0411 e. The Labute approximate surface area is 67.8 Å². The molecule has 0 spiro atoms. The number of anilines is 1. The van der Waals surface area contributed by atoms with Crippen LogP contribution in [0.1, 0.15) is 11.1 Å². The largest absolute Gasteiger partial charge is 0.362 e. The quantitative estimate of drug-likeness (QED) is 0.678. The van der Waals surface area contributed by atoms with Crippen LogP contribution in [0.4, 0.5) is 5.69 Å². The van der Waals surface area contributed by atoms with Crippen molar-refractivity contribution in [2.75, 3.05) is 5.32 Å². The average Bonchev–Trinajstić information content (AvgIpc) is 1.98. The van der Waals surface area contributed by atoms with Gasteiger partial charge in [0.25, 0.3) is 0 Å². The van der Waals surface area contributed by atoms with Gasteiger partial charge >= 0.3 is 0 Å². The van der Waals surface area contributed by atoms with E-state index in [1.165, 1.54) is 11.1 Å². The number of rotatable bonds is 2. The molecule has 0 aliphatic rings. The van der Waals surface area contributed by atoms with Crippen LogP contribution in [0.5, 0.6) is 0 Å². The molecule has 0 saturated heterocycles. The summed E-state index contributed by atoms with van der Waals surface area (Å²) in [5.41, 5.74) is 3.65. The van der Waals surface area contributed by atoms with Crippen molar-refractivity contribution in [3.05, 3.63) is 42.1 Å². The van der Waals surface area contributed by atoms with Gasteiger partial charge < -0.3 is 5.32 Å². The van der Waals surface area contributed by atoms with Crippen LogP contribution in [0.2, 0.25) is 0 Å². The summed E-state index contributed by atoms with van der Waals surface area (Å²) in [7, 11) is 0. The maximum Gasteiger partial charge on any atom is 0.0411 e. The average molecular weight is 147 g/mol. The van der Waals surface area contributed by atoms with Crippen molar-refractivity contribution >= 4 is 5.69 Å². The summed E-state index contributed by atoms with van der Waals surface area (Å²) >= 11 is 0. The Hall–Kier alpha value is -1.24. The van der Waals surface area contributed by atoms with Gasteiger partial charge in [-0.25, -0.2) is 0 Å². The molecular formula is C10H13N. The third kappa shape index (κ3) is 1.84. The maximum atomic E-state index is 3.62. The Bertz CT molecular complexity index is 264. The van der Waals surface area contributed by atoms with Crippen molar-refractivity contribution < 1.29 is 0 Å². The first kappa shape index (κ1) is 7.86. The first-order chi connectivity index (χ1) is 5.24. The topological polar surface area (TPSA) is 12.0 Å². The molecule has 1 aromatic rings. The number of nitrogens with one attached hydrogen (secondary N) is 1. The van der Waals surface area contributed by atoms with Gasteiger partial charge in [-0.15, -0.1) is 0 Å². The Balaban J connectivity index is 3.01. The van der Waals surface area contributed by atoms with Gasteiger partial charge in [0.1, 0.15) is 0 Å². The molecule has 1 rings (SSSR count). The van der Waals surface area contributed by atoms with Gasteiger partial charge in [-0.1, -0.05) is 18.7 Å². The van der Waals surface area contributed by atoms with E-state index in [0.717, 1.165) is 5.69 Å². The normalized spacial score (nSPS) is 9.27. The molecular weight excluding hydrogens is 134 g/mol. The highest BCUT2D eigenvalue weighted by Gasteiger charge is 1.93. The Kier molecular flexibility index (Phi) is 2.32. The van der Waals surface area contributed by atoms with Crippen LogP contribution < -0.4 is 5.32 Å². The molecule has 11 heavy (non-hydrogen) atoms. The van der Waals surface area contributed by atoms with E-state index in [1.54, 1.807) is 6.20 Å². The summed E-state index contributed by atoms with van der Waals surface area (Å²) in [6.45, 7) is 7.77.